The lowest BCUT2D eigenvalue weighted by Crippen LogP contribution is -2.24. The average molecular weight is 677 g/mol. The van der Waals surface area contributed by atoms with Gasteiger partial charge in [0.25, 0.3) is 15.9 Å². The number of anilines is 1. The molecule has 9 nitrogen and oxygen atoms in total. The summed E-state index contributed by atoms with van der Waals surface area (Å²) in [6.45, 7) is 1.87. The highest BCUT2D eigenvalue weighted by Crippen LogP contribution is 2.43. The smallest absolute Gasteiger partial charge is 0.269 e. The Labute approximate surface area is 288 Å². The third-order valence-corrected chi connectivity index (χ3v) is 10.8. The zero-order chi connectivity index (χ0) is 34.6. The molecule has 1 saturated carbocycles. The highest BCUT2D eigenvalue weighted by molar-refractivity contribution is 7.90. The van der Waals surface area contributed by atoms with Gasteiger partial charge in [-0.2, -0.15) is 5.26 Å². The van der Waals surface area contributed by atoms with E-state index in [1.807, 2.05) is 25.1 Å². The van der Waals surface area contributed by atoms with Crippen molar-refractivity contribution in [1.82, 2.24) is 8.96 Å². The van der Waals surface area contributed by atoms with Crippen molar-refractivity contribution in [3.8, 4) is 34.2 Å². The van der Waals surface area contributed by atoms with Gasteiger partial charge in [-0.1, -0.05) is 60.2 Å². The number of fused-ring (bicyclic) bond motifs is 2. The van der Waals surface area contributed by atoms with Crippen LogP contribution in [0, 0.1) is 18.3 Å². The Hall–Kier alpha value is -6.31. The van der Waals surface area contributed by atoms with Crippen LogP contribution in [0.2, 0.25) is 0 Å². The molecule has 0 bridgehead atoms. The number of nitriles is 1. The molecule has 6 aromatic rings. The van der Waals surface area contributed by atoms with E-state index in [-0.39, 0.29) is 22.0 Å². The predicted octanol–water partition coefficient (Wildman–Crippen LogP) is 7.99. The van der Waals surface area contributed by atoms with Crippen LogP contribution in [-0.2, 0) is 10.0 Å². The van der Waals surface area contributed by atoms with Gasteiger partial charge in [-0.05, 0) is 84.8 Å². The molecule has 0 atom stereocenters. The number of aldehydes is 1. The Morgan fingerprint density at radius 1 is 0.940 bits per heavy atom. The molecule has 2 aliphatic rings. The molecule has 10 heteroatoms. The van der Waals surface area contributed by atoms with Gasteiger partial charge in [0.15, 0.2) is 5.65 Å². The van der Waals surface area contributed by atoms with E-state index in [0.717, 1.165) is 24.0 Å². The third kappa shape index (κ3) is 5.25. The van der Waals surface area contributed by atoms with E-state index in [9.17, 15) is 23.3 Å². The number of nitrogens with zero attached hydrogens (tertiary/aromatic N) is 4. The van der Waals surface area contributed by atoms with Gasteiger partial charge in [-0.15, -0.1) is 0 Å². The first-order chi connectivity index (χ1) is 24.3. The number of hydrogen-bond donors (Lipinski definition) is 0. The molecule has 1 aliphatic heterocycles. The van der Waals surface area contributed by atoms with E-state index in [1.54, 1.807) is 85.1 Å². The summed E-state index contributed by atoms with van der Waals surface area (Å²) >= 11 is 0. The van der Waals surface area contributed by atoms with Crippen molar-refractivity contribution in [1.29, 1.82) is 5.26 Å². The fourth-order valence-electron chi connectivity index (χ4n) is 6.37. The molecule has 0 radical (unpaired) electrons. The second kappa shape index (κ2) is 12.0. The normalized spacial score (nSPS) is 14.2. The molecule has 4 aromatic carbocycles. The quantitative estimate of drug-likeness (QED) is 0.157. The number of pyridine rings is 1. The maximum absolute atomic E-state index is 14.4. The lowest BCUT2D eigenvalue weighted by molar-refractivity contribution is 0.0997. The van der Waals surface area contributed by atoms with Crippen molar-refractivity contribution in [2.75, 3.05) is 4.90 Å². The molecule has 1 fully saturated rings. The molecule has 0 N–H and O–H groups in total. The maximum atomic E-state index is 14.4. The Kier molecular flexibility index (Phi) is 7.43. The molecule has 0 saturated heterocycles. The van der Waals surface area contributed by atoms with Crippen LogP contribution in [0.3, 0.4) is 0 Å². The van der Waals surface area contributed by atoms with Crippen LogP contribution in [0.1, 0.15) is 56.2 Å². The molecular formula is C40H28N4O5S. The van der Waals surface area contributed by atoms with Crippen molar-refractivity contribution < 1.29 is 22.7 Å². The molecule has 1 aliphatic carbocycles. The molecule has 3 heterocycles. The topological polar surface area (TPSA) is 122 Å². The van der Waals surface area contributed by atoms with Gasteiger partial charge in [0, 0.05) is 34.6 Å². The number of benzene rings is 4. The molecule has 50 heavy (non-hydrogen) atoms. The van der Waals surface area contributed by atoms with E-state index in [4.69, 9.17) is 4.74 Å². The zero-order valence-electron chi connectivity index (χ0n) is 26.8. The SMILES string of the molecule is Cc1ccc(S(=O)(=O)n2c(-c3ccc(C=O)cc3)cc3c(-c4cccc(N5C=COc6cc(C7CC7)ccc6C5=O)c4)c(C#N)cnc32)cc1. The second-order valence-corrected chi connectivity index (χ2v) is 14.2. The predicted molar refractivity (Wildman–Crippen MR) is 189 cm³/mol. The number of amides is 1. The fourth-order valence-corrected chi connectivity index (χ4v) is 7.85. The number of carbonyl (C=O) groups excluding carboxylic acids is 2. The summed E-state index contributed by atoms with van der Waals surface area (Å²) < 4.78 is 35.8. The summed E-state index contributed by atoms with van der Waals surface area (Å²) in [7, 11) is -4.20. The average Bonchev–Trinajstić information content (AvgIpc) is 3.94. The summed E-state index contributed by atoms with van der Waals surface area (Å²) in [5, 5.41) is 10.7. The van der Waals surface area contributed by atoms with Crippen molar-refractivity contribution in [2.45, 2.75) is 30.6 Å². The fraction of sp³-hybridized carbons (Fsp3) is 0.100. The molecule has 0 spiro atoms. The highest BCUT2D eigenvalue weighted by Gasteiger charge is 2.30. The summed E-state index contributed by atoms with van der Waals surface area (Å²) in [5.41, 5.74) is 5.68. The summed E-state index contributed by atoms with van der Waals surface area (Å²) in [4.78, 5) is 31.4. The van der Waals surface area contributed by atoms with Crippen molar-refractivity contribution in [3.05, 3.63) is 144 Å². The molecule has 244 valence electrons. The number of aromatic nitrogens is 2. The van der Waals surface area contributed by atoms with Crippen LogP contribution in [0.4, 0.5) is 5.69 Å². The molecule has 0 unspecified atom stereocenters. The van der Waals surface area contributed by atoms with Gasteiger partial charge >= 0.3 is 0 Å². The highest BCUT2D eigenvalue weighted by atomic mass is 32.2. The van der Waals surface area contributed by atoms with Crippen LogP contribution in [0.5, 0.6) is 5.75 Å². The first-order valence-corrected chi connectivity index (χ1v) is 17.4. The first kappa shape index (κ1) is 31.0. The van der Waals surface area contributed by atoms with Gasteiger partial charge in [0.05, 0.1) is 21.7 Å². The van der Waals surface area contributed by atoms with E-state index < -0.39 is 10.0 Å². The van der Waals surface area contributed by atoms with Crippen LogP contribution in [0.25, 0.3) is 33.4 Å². The van der Waals surface area contributed by atoms with Crippen LogP contribution in [-0.4, -0.2) is 29.6 Å². The van der Waals surface area contributed by atoms with Crippen molar-refractivity contribution in [3.63, 3.8) is 0 Å². The molecular weight excluding hydrogens is 649 g/mol. The number of hydrogen-bond acceptors (Lipinski definition) is 7. The lowest BCUT2D eigenvalue weighted by atomic mass is 9.97. The molecule has 1 amide bonds. The Bertz CT molecular complexity index is 2540. The van der Waals surface area contributed by atoms with Gasteiger partial charge in [-0.3, -0.25) is 14.5 Å². The lowest BCUT2D eigenvalue weighted by Gasteiger charge is -2.19. The summed E-state index contributed by atoms with van der Waals surface area (Å²) in [5.74, 6) is 0.732. The summed E-state index contributed by atoms with van der Waals surface area (Å²) in [6.07, 6.45) is 7.39. The second-order valence-electron chi connectivity index (χ2n) is 12.4. The monoisotopic (exact) mass is 676 g/mol. The van der Waals surface area contributed by atoms with Crippen LogP contribution < -0.4 is 9.64 Å². The number of aryl methyl sites for hydroxylation is 1. The van der Waals surface area contributed by atoms with Crippen LogP contribution >= 0.6 is 0 Å². The third-order valence-electron chi connectivity index (χ3n) is 9.13. The minimum Gasteiger partial charge on any atom is -0.463 e. The maximum Gasteiger partial charge on any atom is 0.269 e. The Morgan fingerprint density at radius 3 is 2.44 bits per heavy atom. The van der Waals surface area contributed by atoms with Crippen molar-refractivity contribution >= 4 is 38.9 Å². The van der Waals surface area contributed by atoms with Gasteiger partial charge < -0.3 is 4.74 Å². The molecule has 2 aromatic heterocycles. The standard InChI is InChI=1S/C40H28N4O5S/c1-25-5-14-33(15-6-25)50(47,48)44-36(28-9-7-26(24-45)8-10-28)21-35-38(31(22-41)23-42-39(35)44)30-3-2-4-32(19-30)43-17-18-49-37-20-29(27-11-12-27)13-16-34(37)40(43)46/h2-10,13-21,23-24,27H,11-12H2,1H3. The minimum absolute atomic E-state index is 0.0688. The Morgan fingerprint density at radius 2 is 1.72 bits per heavy atom. The number of carbonyl (C=O) groups is 2. The minimum atomic E-state index is -4.20. The Balaban J connectivity index is 1.30. The van der Waals surface area contributed by atoms with E-state index in [2.05, 4.69) is 11.1 Å². The van der Waals surface area contributed by atoms with E-state index >= 15 is 0 Å². The van der Waals surface area contributed by atoms with E-state index in [0.29, 0.717) is 62.5 Å². The first-order valence-electron chi connectivity index (χ1n) is 16.0. The van der Waals surface area contributed by atoms with Gasteiger partial charge in [0.2, 0.25) is 0 Å². The zero-order valence-corrected chi connectivity index (χ0v) is 27.6. The molecule has 8 rings (SSSR count). The van der Waals surface area contributed by atoms with Crippen LogP contribution in [0.15, 0.2) is 121 Å². The summed E-state index contributed by atoms with van der Waals surface area (Å²) in [6, 6.07) is 29.9. The van der Waals surface area contributed by atoms with E-state index in [1.165, 1.54) is 21.3 Å². The van der Waals surface area contributed by atoms with Crippen molar-refractivity contribution in [2.24, 2.45) is 0 Å². The largest absolute Gasteiger partial charge is 0.463 e. The number of ether oxygens (including phenoxy) is 1. The number of rotatable bonds is 7. The van der Waals surface area contributed by atoms with Gasteiger partial charge in [0.1, 0.15) is 24.4 Å². The van der Waals surface area contributed by atoms with Gasteiger partial charge in [-0.25, -0.2) is 17.4 Å².